The number of benzene rings is 2. The third kappa shape index (κ3) is 2.93. The van der Waals surface area contributed by atoms with Gasteiger partial charge in [-0.2, -0.15) is 0 Å². The molecule has 90 valence electrons. The lowest BCUT2D eigenvalue weighted by Crippen LogP contribution is -2.00. The van der Waals surface area contributed by atoms with Gasteiger partial charge in [0.05, 0.1) is 6.61 Å². The van der Waals surface area contributed by atoms with Crippen LogP contribution < -0.4 is 0 Å². The van der Waals surface area contributed by atoms with E-state index >= 15 is 0 Å². The molecule has 0 amide bonds. The molecule has 0 unspecified atom stereocenters. The molecule has 1 N–H and O–H groups in total. The molecule has 2 nitrogen and oxygen atoms in total. The molecule has 0 atom stereocenters. The van der Waals surface area contributed by atoms with Gasteiger partial charge < -0.3 is 5.11 Å². The highest BCUT2D eigenvalue weighted by Gasteiger charge is 2.07. The van der Waals surface area contributed by atoms with Crippen LogP contribution in [0.5, 0.6) is 0 Å². The van der Waals surface area contributed by atoms with Gasteiger partial charge in [0.15, 0.2) is 5.78 Å². The van der Waals surface area contributed by atoms with E-state index in [9.17, 15) is 4.79 Å². The number of carbonyl (C=O) groups excluding carboxylic acids is 1. The van der Waals surface area contributed by atoms with Crippen molar-refractivity contribution >= 4 is 11.9 Å². The maximum Gasteiger partial charge on any atom is 0.193 e. The molecular weight excluding hydrogens is 224 g/mol. The van der Waals surface area contributed by atoms with Crippen LogP contribution in [0.25, 0.3) is 6.08 Å². The Morgan fingerprint density at radius 2 is 1.56 bits per heavy atom. The molecule has 0 bridgehead atoms. The van der Waals surface area contributed by atoms with Crippen LogP contribution in [-0.2, 0) is 0 Å². The van der Waals surface area contributed by atoms with Crippen LogP contribution in [0.15, 0.2) is 60.7 Å². The fraction of sp³-hybridized carbons (Fsp3) is 0.0625. The summed E-state index contributed by atoms with van der Waals surface area (Å²) in [6.07, 6.45) is 3.48. The molecule has 2 aromatic carbocycles. The first-order chi connectivity index (χ1) is 8.81. The van der Waals surface area contributed by atoms with Gasteiger partial charge in [-0.05, 0) is 5.56 Å². The molecule has 0 aliphatic heterocycles. The van der Waals surface area contributed by atoms with Crippen LogP contribution in [-0.4, -0.2) is 17.5 Å². The van der Waals surface area contributed by atoms with E-state index in [0.29, 0.717) is 11.1 Å². The number of aliphatic hydroxyl groups excluding tert-OH is 1. The van der Waals surface area contributed by atoms with Gasteiger partial charge in [0.2, 0.25) is 0 Å². The zero-order valence-corrected chi connectivity index (χ0v) is 9.91. The monoisotopic (exact) mass is 238 g/mol. The number of hydrogen-bond donors (Lipinski definition) is 1. The lowest BCUT2D eigenvalue weighted by atomic mass is 10.0. The van der Waals surface area contributed by atoms with E-state index in [1.165, 1.54) is 0 Å². The maximum absolute atomic E-state index is 12.1. The lowest BCUT2D eigenvalue weighted by molar-refractivity contribution is 0.103. The smallest absolute Gasteiger partial charge is 0.193 e. The first-order valence-corrected chi connectivity index (χ1v) is 5.78. The molecule has 0 heterocycles. The topological polar surface area (TPSA) is 37.3 Å². The van der Waals surface area contributed by atoms with Gasteiger partial charge in [-0.25, -0.2) is 0 Å². The summed E-state index contributed by atoms with van der Waals surface area (Å²) in [6, 6.07) is 16.5. The van der Waals surface area contributed by atoms with E-state index < -0.39 is 0 Å². The Hall–Kier alpha value is -2.19. The molecule has 18 heavy (non-hydrogen) atoms. The molecule has 0 radical (unpaired) electrons. The van der Waals surface area contributed by atoms with E-state index in [2.05, 4.69) is 0 Å². The van der Waals surface area contributed by atoms with Crippen molar-refractivity contribution in [3.05, 3.63) is 77.4 Å². The second-order valence-electron chi connectivity index (χ2n) is 3.90. The minimum atomic E-state index is 0.0185. The highest BCUT2D eigenvalue weighted by Crippen LogP contribution is 2.11. The van der Waals surface area contributed by atoms with Gasteiger partial charge in [-0.1, -0.05) is 66.7 Å². The summed E-state index contributed by atoms with van der Waals surface area (Å²) in [4.78, 5) is 12.1. The summed E-state index contributed by atoms with van der Waals surface area (Å²) in [5, 5.41) is 8.68. The molecule has 0 aliphatic carbocycles. The highest BCUT2D eigenvalue weighted by atomic mass is 16.2. The standard InChI is InChI=1S/C16H14O2/c17-12-4-5-13-8-10-15(11-9-13)16(18)14-6-2-1-3-7-14/h1-11,17H,12H2. The van der Waals surface area contributed by atoms with Crippen LogP contribution in [0.2, 0.25) is 0 Å². The lowest BCUT2D eigenvalue weighted by Gasteiger charge is -2.01. The van der Waals surface area contributed by atoms with Gasteiger partial charge in [0, 0.05) is 11.1 Å². The third-order valence-corrected chi connectivity index (χ3v) is 2.62. The summed E-state index contributed by atoms with van der Waals surface area (Å²) in [5.74, 6) is 0.0216. The van der Waals surface area contributed by atoms with Gasteiger partial charge in [-0.15, -0.1) is 0 Å². The largest absolute Gasteiger partial charge is 0.392 e. The Balaban J connectivity index is 2.20. The van der Waals surface area contributed by atoms with Crippen LogP contribution in [0.4, 0.5) is 0 Å². The Kier molecular flexibility index (Phi) is 4.05. The van der Waals surface area contributed by atoms with Crippen LogP contribution in [0, 0.1) is 0 Å². The van der Waals surface area contributed by atoms with Gasteiger partial charge in [-0.3, -0.25) is 4.79 Å². The van der Waals surface area contributed by atoms with Crippen molar-refractivity contribution in [1.82, 2.24) is 0 Å². The van der Waals surface area contributed by atoms with E-state index in [1.54, 1.807) is 18.2 Å². The predicted octanol–water partition coefficient (Wildman–Crippen LogP) is 2.92. The number of aliphatic hydroxyl groups is 1. The molecule has 2 rings (SSSR count). The Bertz CT molecular complexity index is 539. The molecule has 2 aromatic rings. The molecule has 0 spiro atoms. The summed E-state index contributed by atoms with van der Waals surface area (Å²) in [6.45, 7) is 0.0185. The van der Waals surface area contributed by atoms with Crippen LogP contribution in [0.1, 0.15) is 21.5 Å². The summed E-state index contributed by atoms with van der Waals surface area (Å²) >= 11 is 0. The Morgan fingerprint density at radius 1 is 0.944 bits per heavy atom. The molecule has 0 aliphatic rings. The quantitative estimate of drug-likeness (QED) is 0.831. The molecule has 0 aromatic heterocycles. The van der Waals surface area contributed by atoms with Crippen LogP contribution in [0.3, 0.4) is 0 Å². The second kappa shape index (κ2) is 5.94. The van der Waals surface area contributed by atoms with Crippen molar-refractivity contribution in [2.45, 2.75) is 0 Å². The second-order valence-corrected chi connectivity index (χ2v) is 3.90. The highest BCUT2D eigenvalue weighted by molar-refractivity contribution is 6.09. The zero-order chi connectivity index (χ0) is 12.8. The van der Waals surface area contributed by atoms with Crippen molar-refractivity contribution in [3.8, 4) is 0 Å². The maximum atomic E-state index is 12.1. The summed E-state index contributed by atoms with van der Waals surface area (Å²) in [7, 11) is 0. The molecule has 2 heteroatoms. The van der Waals surface area contributed by atoms with Crippen molar-refractivity contribution in [2.24, 2.45) is 0 Å². The molecule has 0 saturated heterocycles. The molecule has 0 fully saturated rings. The minimum absolute atomic E-state index is 0.0185. The van der Waals surface area contributed by atoms with Gasteiger partial charge >= 0.3 is 0 Å². The fourth-order valence-corrected chi connectivity index (χ4v) is 1.69. The van der Waals surface area contributed by atoms with E-state index in [1.807, 2.05) is 48.5 Å². The summed E-state index contributed by atoms with van der Waals surface area (Å²) in [5.41, 5.74) is 2.33. The van der Waals surface area contributed by atoms with E-state index in [-0.39, 0.29) is 12.4 Å². The molecule has 0 saturated carbocycles. The first kappa shape index (κ1) is 12.3. The molecular formula is C16H14O2. The van der Waals surface area contributed by atoms with Crippen molar-refractivity contribution in [1.29, 1.82) is 0 Å². The number of hydrogen-bond acceptors (Lipinski definition) is 2. The van der Waals surface area contributed by atoms with Crippen molar-refractivity contribution in [2.75, 3.05) is 6.61 Å². The predicted molar refractivity (Wildman–Crippen MR) is 72.4 cm³/mol. The van der Waals surface area contributed by atoms with Gasteiger partial charge in [0.1, 0.15) is 0 Å². The van der Waals surface area contributed by atoms with Crippen molar-refractivity contribution in [3.63, 3.8) is 0 Å². The average molecular weight is 238 g/mol. The normalized spacial score (nSPS) is 10.7. The van der Waals surface area contributed by atoms with Gasteiger partial charge in [0.25, 0.3) is 0 Å². The fourth-order valence-electron chi connectivity index (χ4n) is 1.69. The minimum Gasteiger partial charge on any atom is -0.392 e. The summed E-state index contributed by atoms with van der Waals surface area (Å²) < 4.78 is 0. The van der Waals surface area contributed by atoms with Crippen LogP contribution >= 0.6 is 0 Å². The zero-order valence-electron chi connectivity index (χ0n) is 9.91. The number of rotatable bonds is 4. The van der Waals surface area contributed by atoms with Crippen molar-refractivity contribution < 1.29 is 9.90 Å². The Morgan fingerprint density at radius 3 is 2.17 bits per heavy atom. The van der Waals surface area contributed by atoms with E-state index in [4.69, 9.17) is 5.11 Å². The Labute approximate surface area is 106 Å². The number of carbonyl (C=O) groups is 1. The van der Waals surface area contributed by atoms with E-state index in [0.717, 1.165) is 5.56 Å². The average Bonchev–Trinajstić information content (AvgIpc) is 2.46. The SMILES string of the molecule is O=C(c1ccccc1)c1ccc(C=CCO)cc1. The first-order valence-electron chi connectivity index (χ1n) is 5.78. The third-order valence-electron chi connectivity index (χ3n) is 2.62. The number of ketones is 1.